The zero-order valence-electron chi connectivity index (χ0n) is 17.4. The van der Waals surface area contributed by atoms with E-state index in [-0.39, 0.29) is 24.3 Å². The molecule has 0 saturated carbocycles. The molecule has 1 saturated heterocycles. The van der Waals surface area contributed by atoms with Crippen molar-refractivity contribution in [1.29, 1.82) is 0 Å². The van der Waals surface area contributed by atoms with E-state index in [4.69, 9.17) is 4.74 Å². The Hall–Kier alpha value is -2.73. The summed E-state index contributed by atoms with van der Waals surface area (Å²) in [6.07, 6.45) is 4.39. The van der Waals surface area contributed by atoms with Gasteiger partial charge in [-0.3, -0.25) is 14.6 Å². The largest absolute Gasteiger partial charge is 0.361 e. The first kappa shape index (κ1) is 21.0. The van der Waals surface area contributed by atoms with Crippen LogP contribution in [0.2, 0.25) is 0 Å². The van der Waals surface area contributed by atoms with Gasteiger partial charge in [-0.15, -0.1) is 0 Å². The number of likely N-dealkylation sites (N-methyl/N-ethyl adjacent to an activating group) is 1. The van der Waals surface area contributed by atoms with Crippen molar-refractivity contribution in [3.8, 4) is 11.1 Å². The highest BCUT2D eigenvalue weighted by molar-refractivity contribution is 5.87. The van der Waals surface area contributed by atoms with Gasteiger partial charge >= 0.3 is 0 Å². The molecule has 1 fully saturated rings. The fourth-order valence-corrected chi connectivity index (χ4v) is 3.76. The van der Waals surface area contributed by atoms with E-state index < -0.39 is 5.60 Å². The number of hydrogen-bond donors (Lipinski definition) is 1. The maximum atomic E-state index is 12.9. The monoisotopic (exact) mass is 395 g/mol. The Morgan fingerprint density at radius 1 is 1.21 bits per heavy atom. The third-order valence-corrected chi connectivity index (χ3v) is 5.19. The van der Waals surface area contributed by atoms with E-state index in [9.17, 15) is 9.59 Å². The van der Waals surface area contributed by atoms with Gasteiger partial charge in [-0.05, 0) is 34.7 Å². The van der Waals surface area contributed by atoms with Crippen molar-refractivity contribution in [3.05, 3.63) is 54.4 Å². The fourth-order valence-electron chi connectivity index (χ4n) is 3.76. The van der Waals surface area contributed by atoms with Crippen LogP contribution in [0.5, 0.6) is 0 Å². The summed E-state index contributed by atoms with van der Waals surface area (Å²) < 4.78 is 6.04. The Morgan fingerprint density at radius 3 is 2.66 bits per heavy atom. The highest BCUT2D eigenvalue weighted by Crippen LogP contribution is 2.27. The Kier molecular flexibility index (Phi) is 6.64. The van der Waals surface area contributed by atoms with E-state index >= 15 is 0 Å². The predicted octanol–water partition coefficient (Wildman–Crippen LogP) is 2.68. The Bertz CT molecular complexity index is 853. The molecule has 0 aliphatic carbocycles. The lowest BCUT2D eigenvalue weighted by molar-refractivity contribution is -0.166. The molecule has 0 bridgehead atoms. The van der Waals surface area contributed by atoms with E-state index in [1.165, 1.54) is 0 Å². The van der Waals surface area contributed by atoms with Gasteiger partial charge in [-0.1, -0.05) is 38.1 Å². The van der Waals surface area contributed by atoms with Crippen LogP contribution in [-0.2, 0) is 20.7 Å². The molecule has 6 nitrogen and oxygen atoms in total. The number of hydrogen-bond acceptors (Lipinski definition) is 4. The van der Waals surface area contributed by atoms with Gasteiger partial charge in [0.15, 0.2) is 5.60 Å². The van der Waals surface area contributed by atoms with E-state index in [1.54, 1.807) is 24.3 Å². The van der Waals surface area contributed by atoms with Crippen LogP contribution < -0.4 is 5.32 Å². The number of aromatic nitrogens is 1. The van der Waals surface area contributed by atoms with Gasteiger partial charge in [0, 0.05) is 38.8 Å². The zero-order chi connectivity index (χ0) is 20.9. The third kappa shape index (κ3) is 5.01. The Labute approximate surface area is 172 Å². The molecule has 1 aromatic carbocycles. The minimum absolute atomic E-state index is 0.0714. The molecular weight excluding hydrogens is 366 g/mol. The first-order chi connectivity index (χ1) is 13.9. The topological polar surface area (TPSA) is 71.5 Å². The number of ether oxygens (including phenoxy) is 1. The quantitative estimate of drug-likeness (QED) is 0.816. The molecule has 0 radical (unpaired) electrons. The average Bonchev–Trinajstić information content (AvgIpc) is 2.73. The lowest BCUT2D eigenvalue weighted by atomic mass is 9.89. The molecule has 0 spiro atoms. The summed E-state index contributed by atoms with van der Waals surface area (Å²) in [4.78, 5) is 31.3. The zero-order valence-corrected chi connectivity index (χ0v) is 17.4. The summed E-state index contributed by atoms with van der Waals surface area (Å²) in [6, 6.07) is 12.0. The molecule has 6 heteroatoms. The molecule has 1 aliphatic rings. The van der Waals surface area contributed by atoms with Crippen LogP contribution >= 0.6 is 0 Å². The molecule has 29 heavy (non-hydrogen) atoms. The second kappa shape index (κ2) is 9.18. The van der Waals surface area contributed by atoms with Crippen molar-refractivity contribution >= 4 is 11.8 Å². The van der Waals surface area contributed by atoms with E-state index in [0.29, 0.717) is 26.0 Å². The summed E-state index contributed by atoms with van der Waals surface area (Å²) in [7, 11) is 1.61. The minimum Gasteiger partial charge on any atom is -0.361 e. The normalized spacial score (nSPS) is 19.2. The molecule has 1 aromatic heterocycles. The summed E-state index contributed by atoms with van der Waals surface area (Å²) in [5.74, 6) is 0.146. The van der Waals surface area contributed by atoms with Crippen LogP contribution in [-0.4, -0.2) is 54.0 Å². The second-order valence-corrected chi connectivity index (χ2v) is 7.95. The molecule has 1 aliphatic heterocycles. The van der Waals surface area contributed by atoms with Gasteiger partial charge in [0.05, 0.1) is 13.2 Å². The maximum Gasteiger partial charge on any atom is 0.254 e. The second-order valence-electron chi connectivity index (χ2n) is 7.95. The molecule has 0 unspecified atom stereocenters. The number of pyridine rings is 1. The van der Waals surface area contributed by atoms with Gasteiger partial charge in [-0.2, -0.15) is 0 Å². The first-order valence-electron chi connectivity index (χ1n) is 10.1. The minimum atomic E-state index is -1.09. The molecular formula is C23H29N3O3. The number of morpholine rings is 1. The van der Waals surface area contributed by atoms with Crippen LogP contribution in [0, 0.1) is 5.92 Å². The van der Waals surface area contributed by atoms with Crippen LogP contribution in [0.25, 0.3) is 11.1 Å². The maximum absolute atomic E-state index is 12.9. The van der Waals surface area contributed by atoms with Gasteiger partial charge < -0.3 is 15.0 Å². The van der Waals surface area contributed by atoms with Crippen molar-refractivity contribution in [2.24, 2.45) is 5.92 Å². The van der Waals surface area contributed by atoms with Gasteiger partial charge in [0.25, 0.3) is 5.91 Å². The number of nitrogens with one attached hydrogen (secondary N) is 1. The molecule has 2 aromatic rings. The summed E-state index contributed by atoms with van der Waals surface area (Å²) >= 11 is 0. The lowest BCUT2D eigenvalue weighted by Gasteiger charge is -2.41. The van der Waals surface area contributed by atoms with Crippen LogP contribution in [0.15, 0.2) is 48.8 Å². The van der Waals surface area contributed by atoms with Gasteiger partial charge in [-0.25, -0.2) is 0 Å². The van der Waals surface area contributed by atoms with Crippen molar-refractivity contribution in [2.75, 3.05) is 26.7 Å². The van der Waals surface area contributed by atoms with E-state index in [0.717, 1.165) is 16.7 Å². The fraction of sp³-hybridized carbons (Fsp3) is 0.435. The Morgan fingerprint density at radius 2 is 1.97 bits per heavy atom. The molecule has 2 amide bonds. The van der Waals surface area contributed by atoms with Crippen molar-refractivity contribution < 1.29 is 14.3 Å². The number of carbonyl (C=O) groups is 2. The highest BCUT2D eigenvalue weighted by atomic mass is 16.5. The van der Waals surface area contributed by atoms with E-state index in [1.807, 2.05) is 44.2 Å². The van der Waals surface area contributed by atoms with E-state index in [2.05, 4.69) is 16.4 Å². The molecule has 154 valence electrons. The van der Waals surface area contributed by atoms with Crippen molar-refractivity contribution in [3.63, 3.8) is 0 Å². The molecule has 2 heterocycles. The lowest BCUT2D eigenvalue weighted by Crippen LogP contribution is -2.61. The number of amides is 2. The van der Waals surface area contributed by atoms with Gasteiger partial charge in [0.1, 0.15) is 0 Å². The van der Waals surface area contributed by atoms with Crippen LogP contribution in [0.3, 0.4) is 0 Å². The molecule has 3 rings (SSSR count). The summed E-state index contributed by atoms with van der Waals surface area (Å²) in [6.45, 7) is 5.17. The van der Waals surface area contributed by atoms with Crippen molar-refractivity contribution in [1.82, 2.24) is 15.2 Å². The van der Waals surface area contributed by atoms with Crippen LogP contribution in [0.1, 0.15) is 25.8 Å². The average molecular weight is 396 g/mol. The number of nitrogens with zero attached hydrogens (tertiary/aromatic N) is 2. The van der Waals surface area contributed by atoms with Crippen molar-refractivity contribution in [2.45, 2.75) is 32.3 Å². The first-order valence-corrected chi connectivity index (χ1v) is 10.1. The number of benzene rings is 1. The smallest absolute Gasteiger partial charge is 0.254 e. The van der Waals surface area contributed by atoms with Crippen LogP contribution in [0.4, 0.5) is 0 Å². The highest BCUT2D eigenvalue weighted by Gasteiger charge is 2.44. The Balaban J connectivity index is 1.86. The van der Waals surface area contributed by atoms with Gasteiger partial charge in [0.2, 0.25) is 5.91 Å². The summed E-state index contributed by atoms with van der Waals surface area (Å²) in [5.41, 5.74) is 2.02. The summed E-state index contributed by atoms with van der Waals surface area (Å²) in [5, 5.41) is 2.73. The number of rotatable bonds is 6. The molecule has 1 atom stereocenters. The predicted molar refractivity (Wildman–Crippen MR) is 112 cm³/mol. The number of carbonyl (C=O) groups excluding carboxylic acids is 2. The standard InChI is InChI=1S/C23H29N3O3/c1-17(2)13-21(27)26-11-12-29-23(16-26,22(28)24-3)15-18-5-4-6-20(14-18)19-7-9-25-10-8-19/h4-10,14,17H,11-13,15-16H2,1-3H3,(H,24,28)/t23-/m0/s1. The SMILES string of the molecule is CNC(=O)[C@]1(Cc2cccc(-c3ccncc3)c2)CN(C(=O)CC(C)C)CCO1. The molecule has 1 N–H and O–H groups in total. The third-order valence-electron chi connectivity index (χ3n) is 5.19.